The molecule has 27 heavy (non-hydrogen) atoms. The van der Waals surface area contributed by atoms with Crippen molar-refractivity contribution in [3.8, 4) is 5.75 Å². The summed E-state index contributed by atoms with van der Waals surface area (Å²) in [5.74, 6) is -2.43. The highest BCUT2D eigenvalue weighted by atomic mass is 32.2. The highest BCUT2D eigenvalue weighted by Gasteiger charge is 2.28. The minimum Gasteiger partial charge on any atom is -0.507 e. The molecule has 1 amide bonds. The molecule has 12 heteroatoms. The summed E-state index contributed by atoms with van der Waals surface area (Å²) >= 11 is 1.12. The quantitative estimate of drug-likeness (QED) is 0.413. The molecule has 0 fully saturated rings. The van der Waals surface area contributed by atoms with E-state index < -0.39 is 38.6 Å². The van der Waals surface area contributed by atoms with E-state index in [1.54, 1.807) is 11.9 Å². The molecule has 146 valence electrons. The van der Waals surface area contributed by atoms with Crippen molar-refractivity contribution in [3.05, 3.63) is 34.9 Å². The summed E-state index contributed by atoms with van der Waals surface area (Å²) in [5.41, 5.74) is -0.527. The molecule has 10 nitrogen and oxygen atoms in total. The number of benzene rings is 1. The van der Waals surface area contributed by atoms with Gasteiger partial charge in [0.1, 0.15) is 17.6 Å². The van der Waals surface area contributed by atoms with Crippen molar-refractivity contribution < 1.29 is 33.0 Å². The molecule has 1 aliphatic rings. The van der Waals surface area contributed by atoms with Crippen LogP contribution in [0.3, 0.4) is 0 Å². The third-order valence-electron chi connectivity index (χ3n) is 3.56. The van der Waals surface area contributed by atoms with Crippen LogP contribution in [0.1, 0.15) is 10.4 Å². The molecule has 1 heterocycles. The Morgan fingerprint density at radius 1 is 1.37 bits per heavy atom. The van der Waals surface area contributed by atoms with Crippen molar-refractivity contribution in [1.82, 2.24) is 14.9 Å². The summed E-state index contributed by atoms with van der Waals surface area (Å²) in [6, 6.07) is 2.94. The number of carbonyl (C=O) groups excluding carboxylic acids is 2. The molecule has 1 aromatic carbocycles. The monoisotopic (exact) mass is 415 g/mol. The molecule has 0 radical (unpaired) electrons. The molecular weight excluding hydrogens is 398 g/mol. The Kier molecular flexibility index (Phi) is 6.46. The van der Waals surface area contributed by atoms with E-state index in [2.05, 4.69) is 10.0 Å². The lowest BCUT2D eigenvalue weighted by atomic mass is 10.2. The second-order valence-electron chi connectivity index (χ2n) is 5.44. The zero-order valence-electron chi connectivity index (χ0n) is 14.1. The molecule has 1 atom stereocenters. The summed E-state index contributed by atoms with van der Waals surface area (Å²) in [5, 5.41) is 20.4. The normalized spacial score (nSPS) is 16.7. The molecule has 0 bridgehead atoms. The number of amides is 1. The molecule has 1 aliphatic heterocycles. The minimum atomic E-state index is -4.03. The fourth-order valence-electron chi connectivity index (χ4n) is 2.17. The van der Waals surface area contributed by atoms with Gasteiger partial charge in [0.15, 0.2) is 0 Å². The first-order chi connectivity index (χ1) is 12.7. The smallest absolute Gasteiger partial charge is 0.339 e. The highest BCUT2D eigenvalue weighted by Crippen LogP contribution is 2.31. The van der Waals surface area contributed by atoms with Crippen LogP contribution in [0, 0.1) is 0 Å². The second kappa shape index (κ2) is 8.41. The fraction of sp³-hybridized carbons (Fsp3) is 0.267. The minimum absolute atomic E-state index is 0.0618. The maximum absolute atomic E-state index is 12.4. The molecule has 0 saturated heterocycles. The van der Waals surface area contributed by atoms with Crippen molar-refractivity contribution in [2.24, 2.45) is 0 Å². The van der Waals surface area contributed by atoms with Gasteiger partial charge in [-0.1, -0.05) is 11.8 Å². The molecule has 0 aromatic heterocycles. The standard InChI is InChI=1S/C15H17N3O7S2/c1-18-8-12(14(21)16-4-5-19)26-13(18)7-17-27(24,25)9-2-3-11(20)10(6-9)15(22)23/h2-3,5-6,8,13,17,20H,4,7H2,1H3,(H,16,21)(H,22,23). The van der Waals surface area contributed by atoms with Crippen molar-refractivity contribution in [3.63, 3.8) is 0 Å². The average molecular weight is 415 g/mol. The number of hydrogen-bond acceptors (Lipinski definition) is 8. The first kappa shape index (κ1) is 20.7. The molecule has 1 aromatic rings. The maximum Gasteiger partial charge on any atom is 0.339 e. The van der Waals surface area contributed by atoms with Crippen LogP contribution in [0.25, 0.3) is 0 Å². The zero-order chi connectivity index (χ0) is 20.2. The topological polar surface area (TPSA) is 153 Å². The zero-order valence-corrected chi connectivity index (χ0v) is 15.7. The van der Waals surface area contributed by atoms with Gasteiger partial charge >= 0.3 is 5.97 Å². The summed E-state index contributed by atoms with van der Waals surface area (Å²) < 4.78 is 27.1. The lowest BCUT2D eigenvalue weighted by molar-refractivity contribution is -0.118. The lowest BCUT2D eigenvalue weighted by Crippen LogP contribution is -2.36. The Hall–Kier alpha value is -2.57. The van der Waals surface area contributed by atoms with Crippen molar-refractivity contribution >= 4 is 39.9 Å². The Morgan fingerprint density at radius 2 is 2.07 bits per heavy atom. The van der Waals surface area contributed by atoms with Gasteiger partial charge in [-0.2, -0.15) is 0 Å². The van der Waals surface area contributed by atoms with Crippen molar-refractivity contribution in [1.29, 1.82) is 0 Å². The van der Waals surface area contributed by atoms with E-state index in [1.165, 1.54) is 6.20 Å². The number of phenols is 1. The van der Waals surface area contributed by atoms with E-state index in [0.717, 1.165) is 30.0 Å². The molecule has 0 aliphatic carbocycles. The van der Waals surface area contributed by atoms with Crippen LogP contribution in [-0.4, -0.2) is 67.2 Å². The molecular formula is C15H17N3O7S2. The maximum atomic E-state index is 12.4. The first-order valence-electron chi connectivity index (χ1n) is 7.54. The number of nitrogens with one attached hydrogen (secondary N) is 2. The Bertz CT molecular complexity index is 899. The van der Waals surface area contributed by atoms with E-state index in [9.17, 15) is 27.9 Å². The number of carboxylic acids is 1. The van der Waals surface area contributed by atoms with Gasteiger partial charge in [0.05, 0.1) is 21.7 Å². The van der Waals surface area contributed by atoms with Gasteiger partial charge in [-0.05, 0) is 18.2 Å². The number of carboxylic acid groups (broad SMARTS) is 1. The third-order valence-corrected chi connectivity index (χ3v) is 6.30. The number of thioether (sulfide) groups is 1. The van der Waals surface area contributed by atoms with Crippen LogP contribution in [0.2, 0.25) is 0 Å². The summed E-state index contributed by atoms with van der Waals surface area (Å²) in [7, 11) is -2.37. The van der Waals surface area contributed by atoms with E-state index in [1.807, 2.05) is 0 Å². The van der Waals surface area contributed by atoms with Crippen LogP contribution >= 0.6 is 11.8 Å². The Labute approximate surface area is 159 Å². The molecule has 0 saturated carbocycles. The molecule has 1 unspecified atom stereocenters. The second-order valence-corrected chi connectivity index (χ2v) is 8.43. The Balaban J connectivity index is 2.04. The number of sulfonamides is 1. The molecule has 2 rings (SSSR count). The van der Waals surface area contributed by atoms with E-state index in [-0.39, 0.29) is 18.0 Å². The highest BCUT2D eigenvalue weighted by molar-refractivity contribution is 8.04. The summed E-state index contributed by atoms with van der Waals surface area (Å²) in [6.07, 6.45) is 2.09. The predicted octanol–water partition coefficient (Wildman–Crippen LogP) is -0.470. The number of nitrogens with zero attached hydrogens (tertiary/aromatic N) is 1. The first-order valence-corrected chi connectivity index (χ1v) is 9.90. The van der Waals surface area contributed by atoms with E-state index in [0.29, 0.717) is 11.2 Å². The largest absolute Gasteiger partial charge is 0.507 e. The average Bonchev–Trinajstić information content (AvgIpc) is 2.99. The molecule has 0 spiro atoms. The van der Waals surface area contributed by atoms with Crippen molar-refractivity contribution in [2.45, 2.75) is 10.3 Å². The SMILES string of the molecule is CN1C=C(C(=O)NCC=O)SC1CNS(=O)(=O)c1ccc(O)c(C(=O)O)c1. The number of carbonyl (C=O) groups is 3. The van der Waals surface area contributed by atoms with E-state index >= 15 is 0 Å². The van der Waals surface area contributed by atoms with Gasteiger partial charge in [0.25, 0.3) is 5.91 Å². The van der Waals surface area contributed by atoms with Gasteiger partial charge in [0, 0.05) is 19.8 Å². The molecule has 4 N–H and O–H groups in total. The summed E-state index contributed by atoms with van der Waals surface area (Å²) in [4.78, 5) is 34.9. The van der Waals surface area contributed by atoms with Crippen LogP contribution in [0.15, 0.2) is 34.2 Å². The predicted molar refractivity (Wildman–Crippen MR) is 96.6 cm³/mol. The number of aromatic hydroxyl groups is 1. The number of hydrogen-bond donors (Lipinski definition) is 4. The van der Waals surface area contributed by atoms with Crippen LogP contribution in [0.4, 0.5) is 0 Å². The lowest BCUT2D eigenvalue weighted by Gasteiger charge is -2.20. The number of rotatable bonds is 8. The number of likely N-dealkylation sites (N-methyl/N-ethyl adjacent to an activating group) is 1. The number of aldehydes is 1. The van der Waals surface area contributed by atoms with Gasteiger partial charge in [-0.25, -0.2) is 17.9 Å². The Morgan fingerprint density at radius 3 is 2.70 bits per heavy atom. The van der Waals surface area contributed by atoms with Gasteiger partial charge in [-0.3, -0.25) is 4.79 Å². The summed E-state index contributed by atoms with van der Waals surface area (Å²) in [6.45, 7) is -0.182. The third kappa shape index (κ3) is 4.99. The van der Waals surface area contributed by atoms with Crippen LogP contribution in [0.5, 0.6) is 5.75 Å². The van der Waals surface area contributed by atoms with Crippen molar-refractivity contribution in [2.75, 3.05) is 20.1 Å². The van der Waals surface area contributed by atoms with E-state index in [4.69, 9.17) is 5.11 Å². The van der Waals surface area contributed by atoms with Gasteiger partial charge in [0.2, 0.25) is 10.0 Å². The van der Waals surface area contributed by atoms with Crippen LogP contribution < -0.4 is 10.0 Å². The van der Waals surface area contributed by atoms with Crippen LogP contribution in [-0.2, 0) is 19.6 Å². The fourth-order valence-corrected chi connectivity index (χ4v) is 4.43. The van der Waals surface area contributed by atoms with Gasteiger partial charge in [-0.15, -0.1) is 0 Å². The van der Waals surface area contributed by atoms with Gasteiger partial charge < -0.3 is 25.2 Å². The number of aromatic carboxylic acids is 1.